The monoisotopic (exact) mass is 528 g/mol. The number of carbonyl (C=O) groups is 2. The van der Waals surface area contributed by atoms with Crippen LogP contribution in [-0.2, 0) is 4.79 Å². The van der Waals surface area contributed by atoms with E-state index in [2.05, 4.69) is 32.3 Å². The summed E-state index contributed by atoms with van der Waals surface area (Å²) in [6.07, 6.45) is 7.72. The summed E-state index contributed by atoms with van der Waals surface area (Å²) in [5, 5.41) is 4.05. The number of hydrogen-bond donors (Lipinski definition) is 1. The molecule has 3 fully saturated rings. The van der Waals surface area contributed by atoms with E-state index in [0.717, 1.165) is 73.4 Å². The number of amides is 3. The molecule has 9 nitrogen and oxygen atoms in total. The molecule has 3 aromatic rings. The van der Waals surface area contributed by atoms with Crippen molar-refractivity contribution in [3.63, 3.8) is 0 Å². The Balaban J connectivity index is 1.17. The van der Waals surface area contributed by atoms with Crippen LogP contribution in [0.1, 0.15) is 57.2 Å². The Morgan fingerprint density at radius 1 is 0.923 bits per heavy atom. The number of piperidine rings is 1. The van der Waals surface area contributed by atoms with Crippen LogP contribution in [0.2, 0.25) is 0 Å². The summed E-state index contributed by atoms with van der Waals surface area (Å²) in [4.78, 5) is 40.4. The minimum Gasteiger partial charge on any atom is -0.488 e. The number of benzene rings is 2. The molecule has 0 saturated carbocycles. The molecule has 3 amide bonds. The number of anilines is 2. The second-order valence-electron chi connectivity index (χ2n) is 10.8. The molecule has 3 saturated heterocycles. The van der Waals surface area contributed by atoms with Crippen molar-refractivity contribution >= 4 is 34.2 Å². The van der Waals surface area contributed by atoms with Crippen molar-refractivity contribution < 1.29 is 14.3 Å². The lowest BCUT2D eigenvalue weighted by Gasteiger charge is -2.35. The highest BCUT2D eigenvalue weighted by Gasteiger charge is 2.31. The number of likely N-dealkylation sites (tertiary alicyclic amines) is 2. The van der Waals surface area contributed by atoms with Crippen LogP contribution in [0.15, 0.2) is 48.8 Å². The molecule has 1 aromatic heterocycles. The van der Waals surface area contributed by atoms with Crippen molar-refractivity contribution in [1.82, 2.24) is 19.8 Å². The van der Waals surface area contributed by atoms with Gasteiger partial charge in [-0.15, -0.1) is 0 Å². The highest BCUT2D eigenvalue weighted by atomic mass is 16.5. The molecule has 3 aliphatic rings. The van der Waals surface area contributed by atoms with E-state index < -0.39 is 0 Å². The van der Waals surface area contributed by atoms with Gasteiger partial charge in [0.15, 0.2) is 0 Å². The quantitative estimate of drug-likeness (QED) is 0.502. The number of ether oxygens (including phenoxy) is 1. The number of urea groups is 1. The van der Waals surface area contributed by atoms with Crippen LogP contribution in [0.4, 0.5) is 16.2 Å². The second kappa shape index (κ2) is 11.1. The molecule has 6 rings (SSSR count). The standard InChI is InChI=1S/C30H36N6O3/c1-21(37)35-17-13-25(19-35)39-24-11-12-26-27(18-24)31-20-32-29(26)28-6-2-3-16-36(28)30(38)33-22-7-9-23(10-8-22)34-14-4-5-15-34/h7-12,18,20,25,28H,2-6,13-17,19H2,1H3,(H,33,38). The van der Waals surface area contributed by atoms with Crippen molar-refractivity contribution in [2.75, 3.05) is 42.9 Å². The zero-order valence-corrected chi connectivity index (χ0v) is 22.5. The fourth-order valence-electron chi connectivity index (χ4n) is 6.08. The van der Waals surface area contributed by atoms with Crippen LogP contribution < -0.4 is 15.0 Å². The zero-order valence-electron chi connectivity index (χ0n) is 22.5. The molecule has 0 radical (unpaired) electrons. The first-order valence-corrected chi connectivity index (χ1v) is 14.1. The third kappa shape index (κ3) is 5.48. The Hall–Kier alpha value is -3.88. The van der Waals surface area contributed by atoms with Crippen molar-refractivity contribution in [3.8, 4) is 5.75 Å². The average Bonchev–Trinajstić information content (AvgIpc) is 3.66. The molecule has 2 unspecified atom stereocenters. The van der Waals surface area contributed by atoms with E-state index in [0.29, 0.717) is 13.1 Å². The average molecular weight is 529 g/mol. The highest BCUT2D eigenvalue weighted by molar-refractivity contribution is 5.90. The predicted molar refractivity (Wildman–Crippen MR) is 151 cm³/mol. The molecule has 4 heterocycles. The third-order valence-electron chi connectivity index (χ3n) is 8.20. The van der Waals surface area contributed by atoms with Crippen LogP contribution in [0.3, 0.4) is 0 Å². The summed E-state index contributed by atoms with van der Waals surface area (Å²) in [7, 11) is 0. The van der Waals surface area contributed by atoms with E-state index in [1.54, 1.807) is 13.3 Å². The van der Waals surface area contributed by atoms with Crippen LogP contribution in [0, 0.1) is 0 Å². The lowest BCUT2D eigenvalue weighted by molar-refractivity contribution is -0.128. The first kappa shape index (κ1) is 25.4. The lowest BCUT2D eigenvalue weighted by Crippen LogP contribution is -2.41. The Morgan fingerprint density at radius 3 is 2.49 bits per heavy atom. The largest absolute Gasteiger partial charge is 0.488 e. The van der Waals surface area contributed by atoms with E-state index in [1.807, 2.05) is 40.1 Å². The van der Waals surface area contributed by atoms with Gasteiger partial charge in [0.05, 0.1) is 23.8 Å². The molecular weight excluding hydrogens is 492 g/mol. The smallest absolute Gasteiger partial charge is 0.322 e. The van der Waals surface area contributed by atoms with E-state index in [9.17, 15) is 9.59 Å². The molecule has 2 aromatic carbocycles. The van der Waals surface area contributed by atoms with Gasteiger partial charge < -0.3 is 24.8 Å². The van der Waals surface area contributed by atoms with Crippen LogP contribution >= 0.6 is 0 Å². The minimum absolute atomic E-state index is 0.0189. The predicted octanol–water partition coefficient (Wildman–Crippen LogP) is 4.99. The van der Waals surface area contributed by atoms with Gasteiger partial charge in [0, 0.05) is 62.4 Å². The maximum absolute atomic E-state index is 13.5. The van der Waals surface area contributed by atoms with Crippen LogP contribution in [0.5, 0.6) is 5.75 Å². The van der Waals surface area contributed by atoms with Crippen molar-refractivity contribution in [2.24, 2.45) is 0 Å². The molecule has 0 aliphatic carbocycles. The number of aromatic nitrogens is 2. The summed E-state index contributed by atoms with van der Waals surface area (Å²) < 4.78 is 6.18. The Kier molecular flexibility index (Phi) is 7.22. The van der Waals surface area contributed by atoms with Gasteiger partial charge in [-0.05, 0) is 68.5 Å². The van der Waals surface area contributed by atoms with E-state index in [1.165, 1.54) is 18.5 Å². The van der Waals surface area contributed by atoms with Gasteiger partial charge in [-0.25, -0.2) is 14.8 Å². The topological polar surface area (TPSA) is 90.9 Å². The SMILES string of the molecule is CC(=O)N1CCC(Oc2ccc3c(C4CCCCN4C(=O)Nc4ccc(N5CCCC5)cc4)ncnc3c2)C1. The van der Waals surface area contributed by atoms with Crippen molar-refractivity contribution in [1.29, 1.82) is 0 Å². The zero-order chi connectivity index (χ0) is 26.8. The molecule has 2 atom stereocenters. The van der Waals surface area contributed by atoms with E-state index in [-0.39, 0.29) is 24.1 Å². The number of carbonyl (C=O) groups excluding carboxylic acids is 2. The molecule has 3 aliphatic heterocycles. The van der Waals surface area contributed by atoms with E-state index >= 15 is 0 Å². The van der Waals surface area contributed by atoms with Gasteiger partial charge >= 0.3 is 6.03 Å². The van der Waals surface area contributed by atoms with Crippen LogP contribution in [0.25, 0.3) is 10.9 Å². The first-order valence-electron chi connectivity index (χ1n) is 14.1. The Morgan fingerprint density at radius 2 is 1.72 bits per heavy atom. The summed E-state index contributed by atoms with van der Waals surface area (Å²) >= 11 is 0. The molecule has 1 N–H and O–H groups in total. The van der Waals surface area contributed by atoms with Crippen molar-refractivity contribution in [2.45, 2.75) is 57.6 Å². The van der Waals surface area contributed by atoms with Gasteiger partial charge in [-0.2, -0.15) is 0 Å². The number of hydrogen-bond acceptors (Lipinski definition) is 6. The second-order valence-corrected chi connectivity index (χ2v) is 10.8. The molecule has 0 spiro atoms. The number of fused-ring (bicyclic) bond motifs is 1. The number of nitrogens with one attached hydrogen (secondary N) is 1. The van der Waals surface area contributed by atoms with Gasteiger partial charge in [0.2, 0.25) is 5.91 Å². The van der Waals surface area contributed by atoms with Gasteiger partial charge in [0.25, 0.3) is 0 Å². The minimum atomic E-state index is -0.126. The maximum atomic E-state index is 13.5. The normalized spacial score (nSPS) is 21.4. The first-order chi connectivity index (χ1) is 19.0. The number of rotatable bonds is 5. The van der Waals surface area contributed by atoms with Gasteiger partial charge in [-0.3, -0.25) is 4.79 Å². The molecular formula is C30H36N6O3. The van der Waals surface area contributed by atoms with E-state index in [4.69, 9.17) is 4.74 Å². The highest BCUT2D eigenvalue weighted by Crippen LogP contribution is 2.35. The van der Waals surface area contributed by atoms with Gasteiger partial charge in [0.1, 0.15) is 18.2 Å². The fourth-order valence-corrected chi connectivity index (χ4v) is 6.08. The molecule has 204 valence electrons. The molecule has 9 heteroatoms. The summed E-state index contributed by atoms with van der Waals surface area (Å²) in [6.45, 7) is 5.80. The maximum Gasteiger partial charge on any atom is 0.322 e. The van der Waals surface area contributed by atoms with Crippen LogP contribution in [-0.4, -0.2) is 70.5 Å². The summed E-state index contributed by atoms with van der Waals surface area (Å²) in [6, 6.07) is 13.8. The number of nitrogens with zero attached hydrogens (tertiary/aromatic N) is 5. The van der Waals surface area contributed by atoms with Crippen molar-refractivity contribution in [3.05, 3.63) is 54.5 Å². The summed E-state index contributed by atoms with van der Waals surface area (Å²) in [5.41, 5.74) is 3.68. The third-order valence-corrected chi connectivity index (χ3v) is 8.20. The Labute approximate surface area is 229 Å². The van der Waals surface area contributed by atoms with Gasteiger partial charge in [-0.1, -0.05) is 0 Å². The molecule has 39 heavy (non-hydrogen) atoms. The molecule has 0 bridgehead atoms. The fraction of sp³-hybridized carbons (Fsp3) is 0.467. The summed E-state index contributed by atoms with van der Waals surface area (Å²) in [5.74, 6) is 0.815. The lowest BCUT2D eigenvalue weighted by atomic mass is 9.96. The Bertz CT molecular complexity index is 1340.